The quantitative estimate of drug-likeness (QED) is 0.782. The fourth-order valence-electron chi connectivity index (χ4n) is 2.94. The summed E-state index contributed by atoms with van der Waals surface area (Å²) in [7, 11) is 3.70. The SMILES string of the molecule is Cc1ccc(-c2nc3ccccc3c(C(=O)O)c2N(C)C)cc1C. The van der Waals surface area contributed by atoms with Crippen LogP contribution >= 0.6 is 0 Å². The second kappa shape index (κ2) is 5.96. The van der Waals surface area contributed by atoms with E-state index in [2.05, 4.69) is 13.0 Å². The summed E-state index contributed by atoms with van der Waals surface area (Å²) < 4.78 is 0. The van der Waals surface area contributed by atoms with Gasteiger partial charge in [-0.3, -0.25) is 0 Å². The summed E-state index contributed by atoms with van der Waals surface area (Å²) in [6.45, 7) is 4.11. The zero-order chi connectivity index (χ0) is 17.4. The molecular formula is C20H20N2O2. The lowest BCUT2D eigenvalue weighted by Gasteiger charge is -2.21. The van der Waals surface area contributed by atoms with Gasteiger partial charge in [-0.15, -0.1) is 0 Å². The molecule has 4 nitrogen and oxygen atoms in total. The third-order valence-electron chi connectivity index (χ3n) is 4.31. The number of aryl methyl sites for hydroxylation is 2. The highest BCUT2D eigenvalue weighted by Gasteiger charge is 2.22. The van der Waals surface area contributed by atoms with Crippen LogP contribution in [0.15, 0.2) is 42.5 Å². The number of fused-ring (bicyclic) bond motifs is 1. The van der Waals surface area contributed by atoms with Crippen LogP contribution in [0.1, 0.15) is 21.5 Å². The molecule has 4 heteroatoms. The zero-order valence-corrected chi connectivity index (χ0v) is 14.3. The Balaban J connectivity index is 2.44. The van der Waals surface area contributed by atoms with Gasteiger partial charge in [0.15, 0.2) is 0 Å². The molecule has 0 aliphatic rings. The van der Waals surface area contributed by atoms with Gasteiger partial charge in [0.25, 0.3) is 0 Å². The van der Waals surface area contributed by atoms with Crippen LogP contribution in [0.25, 0.3) is 22.2 Å². The highest BCUT2D eigenvalue weighted by molar-refractivity contribution is 6.10. The minimum absolute atomic E-state index is 0.291. The first kappa shape index (κ1) is 16.0. The maximum absolute atomic E-state index is 12.0. The number of benzene rings is 2. The van der Waals surface area contributed by atoms with Gasteiger partial charge in [-0.2, -0.15) is 0 Å². The Labute approximate surface area is 141 Å². The van der Waals surface area contributed by atoms with Crippen molar-refractivity contribution in [3.63, 3.8) is 0 Å². The molecule has 0 atom stereocenters. The highest BCUT2D eigenvalue weighted by Crippen LogP contribution is 2.36. The fraction of sp³-hybridized carbons (Fsp3) is 0.200. The molecule has 0 amide bonds. The number of carboxylic acids is 1. The van der Waals surface area contributed by atoms with E-state index in [0.29, 0.717) is 27.8 Å². The Morgan fingerprint density at radius 1 is 1.04 bits per heavy atom. The standard InChI is InChI=1S/C20H20N2O2/c1-12-9-10-14(11-13(12)2)18-19(22(3)4)17(20(23)24)15-7-5-6-8-16(15)21-18/h5-11H,1-4H3,(H,23,24). The number of aromatic carboxylic acids is 1. The van der Waals surface area contributed by atoms with Crippen molar-refractivity contribution >= 4 is 22.6 Å². The number of carboxylic acid groups (broad SMARTS) is 1. The van der Waals surface area contributed by atoms with Crippen molar-refractivity contribution in [2.75, 3.05) is 19.0 Å². The number of pyridine rings is 1. The van der Waals surface area contributed by atoms with Gasteiger partial charge >= 0.3 is 5.97 Å². The van der Waals surface area contributed by atoms with Crippen LogP contribution in [0.3, 0.4) is 0 Å². The first-order valence-corrected chi connectivity index (χ1v) is 7.81. The fourth-order valence-corrected chi connectivity index (χ4v) is 2.94. The minimum atomic E-state index is -0.942. The average Bonchev–Trinajstić information content (AvgIpc) is 2.55. The summed E-state index contributed by atoms with van der Waals surface area (Å²) >= 11 is 0. The van der Waals surface area contributed by atoms with Gasteiger partial charge in [-0.05, 0) is 37.1 Å². The van der Waals surface area contributed by atoms with Gasteiger partial charge in [0.05, 0.1) is 22.5 Å². The van der Waals surface area contributed by atoms with Crippen molar-refractivity contribution < 1.29 is 9.90 Å². The number of aromatic nitrogens is 1. The molecule has 0 saturated carbocycles. The molecule has 0 bridgehead atoms. The van der Waals surface area contributed by atoms with E-state index in [1.807, 2.05) is 62.3 Å². The van der Waals surface area contributed by atoms with E-state index >= 15 is 0 Å². The van der Waals surface area contributed by atoms with E-state index in [4.69, 9.17) is 4.98 Å². The predicted octanol–water partition coefficient (Wildman–Crippen LogP) is 4.28. The lowest BCUT2D eigenvalue weighted by Crippen LogP contribution is -2.16. The van der Waals surface area contributed by atoms with Crippen LogP contribution in [0, 0.1) is 13.8 Å². The van der Waals surface area contributed by atoms with Gasteiger partial charge in [0.2, 0.25) is 0 Å². The van der Waals surface area contributed by atoms with Gasteiger partial charge < -0.3 is 10.0 Å². The van der Waals surface area contributed by atoms with E-state index in [1.54, 1.807) is 0 Å². The molecule has 1 N–H and O–H groups in total. The van der Waals surface area contributed by atoms with Crippen LogP contribution in [0.4, 0.5) is 5.69 Å². The number of carbonyl (C=O) groups is 1. The molecule has 0 saturated heterocycles. The molecule has 0 aliphatic heterocycles. The second-order valence-corrected chi connectivity index (χ2v) is 6.20. The number of hydrogen-bond donors (Lipinski definition) is 1. The topological polar surface area (TPSA) is 53.4 Å². The van der Waals surface area contributed by atoms with Crippen LogP contribution in [0.5, 0.6) is 0 Å². The Morgan fingerprint density at radius 2 is 1.75 bits per heavy atom. The molecule has 122 valence electrons. The molecule has 0 fully saturated rings. The molecule has 1 heterocycles. The molecule has 1 aromatic heterocycles. The number of anilines is 1. The van der Waals surface area contributed by atoms with E-state index in [-0.39, 0.29) is 0 Å². The molecule has 2 aromatic carbocycles. The van der Waals surface area contributed by atoms with Gasteiger partial charge in [-0.25, -0.2) is 9.78 Å². The third kappa shape index (κ3) is 2.60. The molecule has 0 spiro atoms. The Hall–Kier alpha value is -2.88. The van der Waals surface area contributed by atoms with E-state index in [9.17, 15) is 9.90 Å². The van der Waals surface area contributed by atoms with Crippen molar-refractivity contribution in [1.82, 2.24) is 4.98 Å². The van der Waals surface area contributed by atoms with Crippen molar-refractivity contribution in [2.24, 2.45) is 0 Å². The lowest BCUT2D eigenvalue weighted by atomic mass is 9.98. The van der Waals surface area contributed by atoms with Gasteiger partial charge in [-0.1, -0.05) is 30.3 Å². The van der Waals surface area contributed by atoms with Gasteiger partial charge in [0, 0.05) is 25.0 Å². The lowest BCUT2D eigenvalue weighted by molar-refractivity contribution is 0.0699. The summed E-state index contributed by atoms with van der Waals surface area (Å²) in [5.41, 5.74) is 5.58. The van der Waals surface area contributed by atoms with Crippen molar-refractivity contribution in [1.29, 1.82) is 0 Å². The summed E-state index contributed by atoms with van der Waals surface area (Å²) in [6.07, 6.45) is 0. The molecule has 3 rings (SSSR count). The number of hydrogen-bond acceptors (Lipinski definition) is 3. The predicted molar refractivity (Wildman–Crippen MR) is 97.9 cm³/mol. The van der Waals surface area contributed by atoms with Crippen molar-refractivity contribution in [3.05, 3.63) is 59.2 Å². The van der Waals surface area contributed by atoms with Gasteiger partial charge in [0.1, 0.15) is 0 Å². The monoisotopic (exact) mass is 320 g/mol. The molecule has 24 heavy (non-hydrogen) atoms. The first-order chi connectivity index (χ1) is 11.4. The summed E-state index contributed by atoms with van der Waals surface area (Å²) in [6, 6.07) is 13.5. The number of rotatable bonds is 3. The van der Waals surface area contributed by atoms with Crippen LogP contribution in [-0.2, 0) is 0 Å². The van der Waals surface area contributed by atoms with E-state index in [0.717, 1.165) is 11.1 Å². The normalized spacial score (nSPS) is 10.8. The maximum atomic E-state index is 12.0. The Morgan fingerprint density at radius 3 is 2.38 bits per heavy atom. The third-order valence-corrected chi connectivity index (χ3v) is 4.31. The van der Waals surface area contributed by atoms with E-state index in [1.165, 1.54) is 5.56 Å². The zero-order valence-electron chi connectivity index (χ0n) is 14.3. The molecule has 3 aromatic rings. The Kier molecular flexibility index (Phi) is 3.97. The van der Waals surface area contributed by atoms with Crippen LogP contribution < -0.4 is 4.90 Å². The Bertz CT molecular complexity index is 946. The summed E-state index contributed by atoms with van der Waals surface area (Å²) in [5, 5.41) is 10.5. The number of nitrogens with zero attached hydrogens (tertiary/aromatic N) is 2. The number of para-hydroxylation sites is 1. The van der Waals surface area contributed by atoms with E-state index < -0.39 is 5.97 Å². The molecule has 0 unspecified atom stereocenters. The second-order valence-electron chi connectivity index (χ2n) is 6.20. The average molecular weight is 320 g/mol. The molecular weight excluding hydrogens is 300 g/mol. The molecule has 0 radical (unpaired) electrons. The van der Waals surface area contributed by atoms with Crippen molar-refractivity contribution in [2.45, 2.75) is 13.8 Å². The highest BCUT2D eigenvalue weighted by atomic mass is 16.4. The van der Waals surface area contributed by atoms with Crippen LogP contribution in [-0.4, -0.2) is 30.2 Å². The minimum Gasteiger partial charge on any atom is -0.478 e. The van der Waals surface area contributed by atoms with Crippen molar-refractivity contribution in [3.8, 4) is 11.3 Å². The largest absolute Gasteiger partial charge is 0.478 e. The maximum Gasteiger partial charge on any atom is 0.338 e. The summed E-state index contributed by atoms with van der Waals surface area (Å²) in [4.78, 5) is 18.6. The van der Waals surface area contributed by atoms with Crippen LogP contribution in [0.2, 0.25) is 0 Å². The summed E-state index contributed by atoms with van der Waals surface area (Å²) in [5.74, 6) is -0.942. The first-order valence-electron chi connectivity index (χ1n) is 7.81. The molecule has 0 aliphatic carbocycles. The smallest absolute Gasteiger partial charge is 0.338 e.